The number of hydrogen-bond acceptors (Lipinski definition) is 3. The normalized spacial score (nSPS) is 12.4. The Morgan fingerprint density at radius 2 is 1.94 bits per heavy atom. The third-order valence-electron chi connectivity index (χ3n) is 3.78. The Kier molecular flexibility index (Phi) is 4.71. The molecule has 0 aliphatic rings. The fourth-order valence-corrected chi connectivity index (χ4v) is 2.00. The summed E-state index contributed by atoms with van der Waals surface area (Å²) in [5, 5.41) is 23.5. The third kappa shape index (κ3) is 2.87. The van der Waals surface area contributed by atoms with Crippen molar-refractivity contribution in [3.63, 3.8) is 0 Å². The first-order valence-corrected chi connectivity index (χ1v) is 6.22. The fourth-order valence-electron chi connectivity index (χ4n) is 2.00. The Morgan fingerprint density at radius 1 is 1.35 bits per heavy atom. The average molecular weight is 240 g/mol. The molecule has 0 amide bonds. The zero-order valence-electron chi connectivity index (χ0n) is 11.3. The maximum atomic E-state index is 9.57. The van der Waals surface area contributed by atoms with Gasteiger partial charge in [0.05, 0.1) is 18.9 Å². The lowest BCUT2D eigenvalue weighted by Gasteiger charge is -2.33. The van der Waals surface area contributed by atoms with Crippen molar-refractivity contribution >= 4 is 0 Å². The second-order valence-corrected chi connectivity index (χ2v) is 5.11. The Hall–Kier alpha value is -0.870. The molecule has 2 N–H and O–H groups in total. The van der Waals surface area contributed by atoms with Crippen molar-refractivity contribution in [3.8, 4) is 0 Å². The van der Waals surface area contributed by atoms with Crippen LogP contribution in [0, 0.1) is 11.3 Å². The van der Waals surface area contributed by atoms with Gasteiger partial charge in [-0.1, -0.05) is 20.8 Å². The van der Waals surface area contributed by atoms with Crippen molar-refractivity contribution in [1.82, 2.24) is 9.78 Å². The zero-order chi connectivity index (χ0) is 13.1. The number of hydrogen-bond donors (Lipinski definition) is 2. The largest absolute Gasteiger partial charge is 0.396 e. The van der Waals surface area contributed by atoms with E-state index in [1.165, 1.54) is 0 Å². The molecule has 0 fully saturated rings. The lowest BCUT2D eigenvalue weighted by Crippen LogP contribution is -2.38. The first-order chi connectivity index (χ1) is 7.99. The highest BCUT2D eigenvalue weighted by Gasteiger charge is 2.33. The highest BCUT2D eigenvalue weighted by Crippen LogP contribution is 2.31. The molecule has 0 radical (unpaired) electrons. The molecule has 98 valence electrons. The van der Waals surface area contributed by atoms with Gasteiger partial charge in [0.2, 0.25) is 0 Å². The molecule has 0 spiro atoms. The van der Waals surface area contributed by atoms with E-state index in [0.29, 0.717) is 6.42 Å². The summed E-state index contributed by atoms with van der Waals surface area (Å²) in [5.74, 6) is 0.220. The van der Waals surface area contributed by atoms with Gasteiger partial charge in [-0.05, 0) is 24.8 Å². The first-order valence-electron chi connectivity index (χ1n) is 6.22. The molecular weight excluding hydrogens is 216 g/mol. The van der Waals surface area contributed by atoms with Gasteiger partial charge in [0.1, 0.15) is 0 Å². The van der Waals surface area contributed by atoms with Crippen LogP contribution in [0.5, 0.6) is 0 Å². The van der Waals surface area contributed by atoms with E-state index in [1.807, 2.05) is 25.6 Å². The quantitative estimate of drug-likeness (QED) is 0.784. The standard InChI is InChI=1S/C13H24N2O2/c1-5-11-6-12(15(4)14-11)7-13(8-16,9-17)10(2)3/h6,10,16-17H,5,7-9H2,1-4H3. The van der Waals surface area contributed by atoms with Crippen molar-refractivity contribution in [3.05, 3.63) is 17.5 Å². The molecule has 0 unspecified atom stereocenters. The molecule has 4 nitrogen and oxygen atoms in total. The van der Waals surface area contributed by atoms with E-state index in [1.54, 1.807) is 0 Å². The summed E-state index contributed by atoms with van der Waals surface area (Å²) in [4.78, 5) is 0. The smallest absolute Gasteiger partial charge is 0.0624 e. The Balaban J connectivity index is 2.96. The van der Waals surface area contributed by atoms with E-state index in [-0.39, 0.29) is 19.1 Å². The molecule has 0 aliphatic carbocycles. The maximum Gasteiger partial charge on any atom is 0.0624 e. The van der Waals surface area contributed by atoms with E-state index in [0.717, 1.165) is 17.8 Å². The van der Waals surface area contributed by atoms with Crippen LogP contribution in [-0.4, -0.2) is 33.2 Å². The van der Waals surface area contributed by atoms with E-state index in [2.05, 4.69) is 18.1 Å². The SMILES string of the molecule is CCc1cc(CC(CO)(CO)C(C)C)n(C)n1. The van der Waals surface area contributed by atoms with Gasteiger partial charge < -0.3 is 10.2 Å². The van der Waals surface area contributed by atoms with Crippen molar-refractivity contribution in [2.45, 2.75) is 33.6 Å². The molecule has 17 heavy (non-hydrogen) atoms. The van der Waals surface area contributed by atoms with Crippen LogP contribution in [0.1, 0.15) is 32.2 Å². The third-order valence-corrected chi connectivity index (χ3v) is 3.78. The molecule has 0 atom stereocenters. The fraction of sp³-hybridized carbons (Fsp3) is 0.769. The Morgan fingerprint density at radius 3 is 2.29 bits per heavy atom. The van der Waals surface area contributed by atoms with Crippen LogP contribution < -0.4 is 0 Å². The predicted octanol–water partition coefficient (Wildman–Crippen LogP) is 1.15. The molecule has 0 saturated heterocycles. The molecule has 4 heteroatoms. The van der Waals surface area contributed by atoms with Crippen LogP contribution in [0.4, 0.5) is 0 Å². The lowest BCUT2D eigenvalue weighted by molar-refractivity contribution is 0.0149. The first kappa shape index (κ1) is 14.2. The average Bonchev–Trinajstić information content (AvgIpc) is 2.66. The molecule has 0 bridgehead atoms. The van der Waals surface area contributed by atoms with E-state index in [9.17, 15) is 10.2 Å². The van der Waals surface area contributed by atoms with Crippen molar-refractivity contribution in [2.24, 2.45) is 18.4 Å². The van der Waals surface area contributed by atoms with Gasteiger partial charge in [0.15, 0.2) is 0 Å². The summed E-state index contributed by atoms with van der Waals surface area (Å²) in [5.41, 5.74) is 1.66. The number of aromatic nitrogens is 2. The van der Waals surface area contributed by atoms with Crippen LogP contribution in [0.2, 0.25) is 0 Å². The lowest BCUT2D eigenvalue weighted by atomic mass is 9.75. The van der Waals surface area contributed by atoms with Crippen LogP contribution in [0.15, 0.2) is 6.07 Å². The summed E-state index contributed by atoms with van der Waals surface area (Å²) in [7, 11) is 1.91. The van der Waals surface area contributed by atoms with Gasteiger partial charge in [-0.15, -0.1) is 0 Å². The number of nitrogens with zero attached hydrogens (tertiary/aromatic N) is 2. The molecule has 0 aliphatic heterocycles. The minimum atomic E-state index is -0.460. The van der Waals surface area contributed by atoms with Gasteiger partial charge in [-0.3, -0.25) is 4.68 Å². The zero-order valence-corrected chi connectivity index (χ0v) is 11.3. The van der Waals surface area contributed by atoms with Crippen LogP contribution in [0.3, 0.4) is 0 Å². The molecule has 0 saturated carbocycles. The van der Waals surface area contributed by atoms with Crippen molar-refractivity contribution < 1.29 is 10.2 Å². The number of rotatable bonds is 6. The van der Waals surface area contributed by atoms with E-state index < -0.39 is 5.41 Å². The van der Waals surface area contributed by atoms with Crippen molar-refractivity contribution in [2.75, 3.05) is 13.2 Å². The molecule has 1 aromatic rings. The van der Waals surface area contributed by atoms with Crippen LogP contribution >= 0.6 is 0 Å². The minimum absolute atomic E-state index is 0.00615. The summed E-state index contributed by atoms with van der Waals surface area (Å²) >= 11 is 0. The summed E-state index contributed by atoms with van der Waals surface area (Å²) in [6, 6.07) is 2.06. The number of aryl methyl sites for hydroxylation is 2. The second-order valence-electron chi connectivity index (χ2n) is 5.11. The molecule has 1 heterocycles. The number of aliphatic hydroxyl groups excluding tert-OH is 2. The van der Waals surface area contributed by atoms with Crippen LogP contribution in [-0.2, 0) is 19.9 Å². The van der Waals surface area contributed by atoms with Gasteiger partial charge in [-0.25, -0.2) is 0 Å². The minimum Gasteiger partial charge on any atom is -0.396 e. The second kappa shape index (κ2) is 5.65. The molecule has 1 aromatic heterocycles. The number of aliphatic hydroxyl groups is 2. The predicted molar refractivity (Wildman–Crippen MR) is 67.7 cm³/mol. The van der Waals surface area contributed by atoms with Gasteiger partial charge >= 0.3 is 0 Å². The van der Waals surface area contributed by atoms with Gasteiger partial charge in [0.25, 0.3) is 0 Å². The highest BCUT2D eigenvalue weighted by atomic mass is 16.3. The molecular formula is C13H24N2O2. The van der Waals surface area contributed by atoms with E-state index in [4.69, 9.17) is 0 Å². The van der Waals surface area contributed by atoms with Crippen molar-refractivity contribution in [1.29, 1.82) is 0 Å². The topological polar surface area (TPSA) is 58.3 Å². The molecule has 1 rings (SSSR count). The summed E-state index contributed by atoms with van der Waals surface area (Å²) < 4.78 is 1.85. The maximum absolute atomic E-state index is 9.57. The Labute approximate surface area is 103 Å². The Bertz CT molecular complexity index is 354. The van der Waals surface area contributed by atoms with Crippen LogP contribution in [0.25, 0.3) is 0 Å². The summed E-state index contributed by atoms with van der Waals surface area (Å²) in [6.45, 7) is 6.12. The molecule has 0 aromatic carbocycles. The van der Waals surface area contributed by atoms with Gasteiger partial charge in [0, 0.05) is 18.2 Å². The van der Waals surface area contributed by atoms with Gasteiger partial charge in [-0.2, -0.15) is 5.10 Å². The monoisotopic (exact) mass is 240 g/mol. The highest BCUT2D eigenvalue weighted by molar-refractivity contribution is 5.12. The summed E-state index contributed by atoms with van der Waals surface area (Å²) in [6.07, 6.45) is 1.56. The van der Waals surface area contributed by atoms with E-state index >= 15 is 0 Å².